The first kappa shape index (κ1) is 58.7. The number of aromatic nitrogens is 1. The van der Waals surface area contributed by atoms with Gasteiger partial charge in [-0.05, 0) is 152 Å². The van der Waals surface area contributed by atoms with Crippen LogP contribution in [0.5, 0.6) is 17.2 Å². The standard InChI is InChI=1S/C15H16O.C14H15NO.C12H16O.C9H10Cl2.C9H11Cl.C9H12/c1-10(2)12-6-7-14-15-11(8-9-16-14)4-3-5-13(12)15;1-9(2)11-3-4-12-13-10(6-8-16-12)5-7-15-14(11)13;1-9(2)10-5-6-12-11(8-10)4-3-7-13-12;1-6(2)8-4-3-7(10)5-9(8)11;1-7(2)8-3-5-9(10)6-4-8;1-8(2)9-6-4-3-5-7-9/h3-7,10H,8-9H2,1-2H3;3-5,7,9H,6,8H2,1-2H3;5-6,8-9H,3-4,7H2,1-2H3;3-6H,1-2H3;3-7H,1-2H3;3-8H,1-2H3. The summed E-state index contributed by atoms with van der Waals surface area (Å²) in [6.07, 6.45) is 6.28. The first-order valence-electron chi connectivity index (χ1n) is 27.1. The minimum atomic E-state index is 0.458. The van der Waals surface area contributed by atoms with E-state index in [0.29, 0.717) is 40.5 Å². The molecule has 0 bridgehead atoms. The molecule has 4 nitrogen and oxygen atoms in total. The van der Waals surface area contributed by atoms with E-state index in [-0.39, 0.29) is 0 Å². The maximum absolute atomic E-state index is 5.94. The average Bonchev–Trinajstić information content (AvgIpc) is 3.40. The summed E-state index contributed by atoms with van der Waals surface area (Å²) in [6.45, 7) is 28.8. The molecule has 0 spiro atoms. The summed E-state index contributed by atoms with van der Waals surface area (Å²) in [5.74, 6) is 6.53. The fourth-order valence-electron chi connectivity index (χ4n) is 9.36. The molecule has 0 amide bonds. The number of halogens is 3. The van der Waals surface area contributed by atoms with E-state index in [1.165, 1.54) is 67.1 Å². The van der Waals surface area contributed by atoms with Crippen LogP contribution in [0.3, 0.4) is 0 Å². The van der Waals surface area contributed by atoms with Crippen molar-refractivity contribution < 1.29 is 14.2 Å². The van der Waals surface area contributed by atoms with Gasteiger partial charge in [-0.15, -0.1) is 0 Å². The Morgan fingerprint density at radius 1 is 0.387 bits per heavy atom. The summed E-state index contributed by atoms with van der Waals surface area (Å²) in [7, 11) is 0. The van der Waals surface area contributed by atoms with E-state index in [1.807, 2.05) is 36.5 Å². The van der Waals surface area contributed by atoms with E-state index in [4.69, 9.17) is 49.0 Å². The number of fused-ring (bicyclic) bond motifs is 1. The zero-order valence-corrected chi connectivity index (χ0v) is 48.8. The van der Waals surface area contributed by atoms with E-state index in [1.54, 1.807) is 6.07 Å². The molecule has 396 valence electrons. The molecule has 0 aliphatic carbocycles. The fraction of sp³-hybridized carbons (Fsp3) is 0.368. The van der Waals surface area contributed by atoms with Gasteiger partial charge in [-0.2, -0.15) is 0 Å². The molecule has 0 saturated carbocycles. The third-order valence-corrected chi connectivity index (χ3v) is 14.6. The fourth-order valence-corrected chi connectivity index (χ4v) is 10.1. The highest BCUT2D eigenvalue weighted by atomic mass is 35.5. The molecule has 0 saturated heterocycles. The first-order chi connectivity index (χ1) is 35.9. The number of hydrogen-bond donors (Lipinski definition) is 0. The van der Waals surface area contributed by atoms with Gasteiger partial charge in [-0.3, -0.25) is 4.98 Å². The minimum absolute atomic E-state index is 0.458. The monoisotopic (exact) mass is 1060 g/mol. The summed E-state index contributed by atoms with van der Waals surface area (Å²) in [6, 6.07) is 48.0. The number of ether oxygens (including phenoxy) is 3. The van der Waals surface area contributed by atoms with Crippen molar-refractivity contribution in [2.45, 2.75) is 144 Å². The predicted octanol–water partition coefficient (Wildman–Crippen LogP) is 20.7. The minimum Gasteiger partial charge on any atom is -0.493 e. The van der Waals surface area contributed by atoms with Crippen molar-refractivity contribution in [3.63, 3.8) is 0 Å². The van der Waals surface area contributed by atoms with E-state index < -0.39 is 0 Å². The van der Waals surface area contributed by atoms with Gasteiger partial charge in [0.15, 0.2) is 0 Å². The van der Waals surface area contributed by atoms with Crippen LogP contribution in [0.4, 0.5) is 0 Å². The number of aryl methyl sites for hydroxylation is 1. The zero-order valence-electron chi connectivity index (χ0n) is 46.6. The summed E-state index contributed by atoms with van der Waals surface area (Å²) >= 11 is 17.4. The molecule has 75 heavy (non-hydrogen) atoms. The molecular weight excluding hydrogens is 985 g/mol. The lowest BCUT2D eigenvalue weighted by Gasteiger charge is -2.21. The van der Waals surface area contributed by atoms with Gasteiger partial charge < -0.3 is 14.2 Å². The summed E-state index contributed by atoms with van der Waals surface area (Å²) in [5.41, 5.74) is 13.4. The molecule has 7 heteroatoms. The van der Waals surface area contributed by atoms with Crippen LogP contribution < -0.4 is 14.2 Å². The molecule has 3 aliphatic rings. The number of nitrogens with zero attached hydrogens (tertiary/aromatic N) is 1. The summed E-state index contributed by atoms with van der Waals surface area (Å²) in [5, 5.41) is 6.18. The van der Waals surface area contributed by atoms with Gasteiger partial charge in [0.1, 0.15) is 17.2 Å². The van der Waals surface area contributed by atoms with Gasteiger partial charge in [-0.1, -0.05) is 209 Å². The molecule has 11 rings (SSSR count). The second-order valence-electron chi connectivity index (χ2n) is 21.4. The highest BCUT2D eigenvalue weighted by Gasteiger charge is 2.19. The van der Waals surface area contributed by atoms with Crippen molar-refractivity contribution in [2.24, 2.45) is 0 Å². The summed E-state index contributed by atoms with van der Waals surface area (Å²) < 4.78 is 17.0. The van der Waals surface area contributed by atoms with E-state index >= 15 is 0 Å². The Kier molecular flexibility index (Phi) is 22.4. The van der Waals surface area contributed by atoms with E-state index in [2.05, 4.69) is 191 Å². The van der Waals surface area contributed by atoms with Crippen molar-refractivity contribution in [3.8, 4) is 17.2 Å². The van der Waals surface area contributed by atoms with Crippen LogP contribution in [-0.2, 0) is 19.3 Å². The highest BCUT2D eigenvalue weighted by Crippen LogP contribution is 2.38. The van der Waals surface area contributed by atoms with Crippen LogP contribution in [0.15, 0.2) is 146 Å². The Bertz CT molecular complexity index is 2930. The normalized spacial score (nSPS) is 12.9. The van der Waals surface area contributed by atoms with Crippen LogP contribution in [-0.4, -0.2) is 24.8 Å². The Hall–Kier alpha value is -5.52. The summed E-state index contributed by atoms with van der Waals surface area (Å²) in [4.78, 5) is 4.53. The number of benzene rings is 7. The SMILES string of the molecule is CC(C)c1ccc(Cl)cc1.CC(C)c1ccc(Cl)cc1Cl.CC(C)c1ccc2c(c1)CCCO2.CC(C)c1ccc2c3c(cccc13)CCO2.CC(C)c1ccc2c3c(ccnc13)CCO2.CC(C)c1ccccc1. The van der Waals surface area contributed by atoms with Gasteiger partial charge in [-0.25, -0.2) is 0 Å². The van der Waals surface area contributed by atoms with Gasteiger partial charge in [0, 0.05) is 44.9 Å². The Morgan fingerprint density at radius 3 is 1.49 bits per heavy atom. The molecule has 8 aromatic rings. The number of pyridine rings is 1. The third-order valence-electron chi connectivity index (χ3n) is 13.8. The molecule has 0 atom stereocenters. The van der Waals surface area contributed by atoms with Gasteiger partial charge >= 0.3 is 0 Å². The molecule has 7 aromatic carbocycles. The number of hydrogen-bond acceptors (Lipinski definition) is 4. The highest BCUT2D eigenvalue weighted by molar-refractivity contribution is 6.35. The van der Waals surface area contributed by atoms with Crippen molar-refractivity contribution in [1.82, 2.24) is 4.98 Å². The Labute approximate surface area is 465 Å². The van der Waals surface area contributed by atoms with Gasteiger partial charge in [0.2, 0.25) is 0 Å². The number of rotatable bonds is 6. The lowest BCUT2D eigenvalue weighted by Crippen LogP contribution is -2.09. The Morgan fingerprint density at radius 2 is 0.907 bits per heavy atom. The van der Waals surface area contributed by atoms with Crippen molar-refractivity contribution >= 4 is 56.5 Å². The maximum Gasteiger partial charge on any atom is 0.129 e. The van der Waals surface area contributed by atoms with Crippen LogP contribution in [0.25, 0.3) is 21.7 Å². The van der Waals surface area contributed by atoms with Gasteiger partial charge in [0.05, 0.1) is 25.3 Å². The predicted molar refractivity (Wildman–Crippen MR) is 323 cm³/mol. The lowest BCUT2D eigenvalue weighted by molar-refractivity contribution is 0.288. The first-order valence-corrected chi connectivity index (χ1v) is 28.3. The average molecular weight is 1070 g/mol. The zero-order chi connectivity index (χ0) is 54.2. The second kappa shape index (κ2) is 28.6. The molecule has 0 unspecified atom stereocenters. The second-order valence-corrected chi connectivity index (χ2v) is 22.7. The molecule has 0 radical (unpaired) electrons. The van der Waals surface area contributed by atoms with Crippen molar-refractivity contribution in [2.75, 3.05) is 19.8 Å². The van der Waals surface area contributed by atoms with Crippen LogP contribution in [0, 0.1) is 0 Å². The third kappa shape index (κ3) is 16.5. The molecule has 0 fully saturated rings. The smallest absolute Gasteiger partial charge is 0.129 e. The molecule has 1 aromatic heterocycles. The van der Waals surface area contributed by atoms with Crippen LogP contribution in [0.2, 0.25) is 15.1 Å². The quantitative estimate of drug-likeness (QED) is 0.166. The van der Waals surface area contributed by atoms with E-state index in [9.17, 15) is 0 Å². The van der Waals surface area contributed by atoms with Crippen molar-refractivity contribution in [1.29, 1.82) is 0 Å². The largest absolute Gasteiger partial charge is 0.493 e. The van der Waals surface area contributed by atoms with Gasteiger partial charge in [0.25, 0.3) is 0 Å². The molecule has 0 N–H and O–H groups in total. The molecular formula is C68H80Cl3NO3. The Balaban J connectivity index is 0.000000148. The van der Waals surface area contributed by atoms with E-state index in [0.717, 1.165) is 77.5 Å². The lowest BCUT2D eigenvalue weighted by atomic mass is 9.91. The molecule has 3 aliphatic heterocycles. The topological polar surface area (TPSA) is 40.6 Å². The van der Waals surface area contributed by atoms with Crippen LogP contribution in [0.1, 0.15) is 175 Å². The molecule has 4 heterocycles. The van der Waals surface area contributed by atoms with Crippen LogP contribution >= 0.6 is 34.8 Å². The van der Waals surface area contributed by atoms with Crippen molar-refractivity contribution in [3.05, 3.63) is 211 Å². The maximum atomic E-state index is 5.94.